The largest absolute Gasteiger partial charge is 0.471 e. The number of alkyl halides is 3. The van der Waals surface area contributed by atoms with E-state index in [1.54, 1.807) is 12.2 Å². The molecule has 1 aromatic heterocycles. The van der Waals surface area contributed by atoms with E-state index in [1.807, 2.05) is 19.9 Å². The number of rotatable bonds is 5. The average Bonchev–Trinajstić information content (AvgIpc) is 3.09. The minimum Gasteiger partial charge on any atom is -0.336 e. The van der Waals surface area contributed by atoms with E-state index in [0.717, 1.165) is 0 Å². The van der Waals surface area contributed by atoms with Crippen molar-refractivity contribution in [1.82, 2.24) is 20.5 Å². The number of likely N-dealkylation sites (tertiary alicyclic amines) is 1. The first-order chi connectivity index (χ1) is 16.4. The molecule has 196 valence electrons. The maximum Gasteiger partial charge on any atom is 0.471 e. The van der Waals surface area contributed by atoms with Crippen LogP contribution in [0.25, 0.3) is 0 Å². The zero-order chi connectivity index (χ0) is 27.4. The SMILES string of the molecule is Cc1c[nH]c(=O)cc1C(C#N)NC(=O)[C@@H]1[C@@H]2[C@H](CN1C(=O)C(NC(=O)C(F)(F)F)C(C)(C)C)C2(C)C. The number of pyridine rings is 1. The molecule has 3 amide bonds. The fraction of sp³-hybridized carbons (Fsp3) is 0.625. The summed E-state index contributed by atoms with van der Waals surface area (Å²) in [5, 5.41) is 14.1. The van der Waals surface area contributed by atoms with Crippen molar-refractivity contribution in [2.75, 3.05) is 6.54 Å². The Morgan fingerprint density at radius 1 is 1.22 bits per heavy atom. The number of amides is 3. The van der Waals surface area contributed by atoms with Gasteiger partial charge in [0.2, 0.25) is 17.4 Å². The van der Waals surface area contributed by atoms with Crippen molar-refractivity contribution in [3.05, 3.63) is 33.7 Å². The number of nitrogens with one attached hydrogen (secondary N) is 3. The Labute approximate surface area is 206 Å². The monoisotopic (exact) mass is 509 g/mol. The van der Waals surface area contributed by atoms with Crippen LogP contribution in [-0.2, 0) is 14.4 Å². The molecule has 2 fully saturated rings. The lowest BCUT2D eigenvalue weighted by Gasteiger charge is -2.37. The molecule has 2 heterocycles. The number of carbonyl (C=O) groups excluding carboxylic acids is 3. The van der Waals surface area contributed by atoms with E-state index in [4.69, 9.17) is 0 Å². The number of aromatic amines is 1. The van der Waals surface area contributed by atoms with E-state index < -0.39 is 53.0 Å². The molecular weight excluding hydrogens is 479 g/mol. The van der Waals surface area contributed by atoms with Gasteiger partial charge in [0, 0.05) is 18.8 Å². The van der Waals surface area contributed by atoms with Crippen molar-refractivity contribution < 1.29 is 27.6 Å². The highest BCUT2D eigenvalue weighted by atomic mass is 19.4. The van der Waals surface area contributed by atoms with Gasteiger partial charge in [-0.2, -0.15) is 18.4 Å². The van der Waals surface area contributed by atoms with Crippen LogP contribution in [0.15, 0.2) is 17.1 Å². The molecule has 2 unspecified atom stereocenters. The molecule has 0 aromatic carbocycles. The van der Waals surface area contributed by atoms with Gasteiger partial charge in [-0.1, -0.05) is 34.6 Å². The van der Waals surface area contributed by atoms with Crippen LogP contribution < -0.4 is 16.2 Å². The number of H-pyrrole nitrogens is 1. The number of aryl methyl sites for hydroxylation is 1. The molecule has 3 N–H and O–H groups in total. The van der Waals surface area contributed by atoms with Crippen molar-refractivity contribution >= 4 is 17.7 Å². The van der Waals surface area contributed by atoms with Gasteiger partial charge < -0.3 is 20.5 Å². The molecule has 36 heavy (non-hydrogen) atoms. The molecule has 2 aliphatic rings. The topological polar surface area (TPSA) is 135 Å². The Hall–Kier alpha value is -3.36. The Morgan fingerprint density at radius 2 is 1.83 bits per heavy atom. The van der Waals surface area contributed by atoms with Crippen molar-refractivity contribution in [2.45, 2.75) is 65.8 Å². The van der Waals surface area contributed by atoms with Crippen molar-refractivity contribution in [1.29, 1.82) is 5.26 Å². The van der Waals surface area contributed by atoms with E-state index in [-0.39, 0.29) is 23.8 Å². The minimum absolute atomic E-state index is 0.0713. The van der Waals surface area contributed by atoms with Gasteiger partial charge in [-0.25, -0.2) is 0 Å². The number of carbonyl (C=O) groups is 3. The Kier molecular flexibility index (Phi) is 6.76. The maximum absolute atomic E-state index is 13.5. The molecule has 1 saturated carbocycles. The first kappa shape index (κ1) is 27.2. The highest BCUT2D eigenvalue weighted by Gasteiger charge is 2.70. The number of hydrogen-bond acceptors (Lipinski definition) is 5. The molecule has 0 bridgehead atoms. The van der Waals surface area contributed by atoms with Crippen molar-refractivity contribution in [3.8, 4) is 6.07 Å². The summed E-state index contributed by atoms with van der Waals surface area (Å²) in [5.74, 6) is -4.04. The number of piperidine rings is 1. The molecule has 0 spiro atoms. The number of hydrogen-bond donors (Lipinski definition) is 3. The van der Waals surface area contributed by atoms with Crippen LogP contribution in [0, 0.1) is 40.9 Å². The van der Waals surface area contributed by atoms with E-state index in [1.165, 1.54) is 37.9 Å². The smallest absolute Gasteiger partial charge is 0.336 e. The highest BCUT2D eigenvalue weighted by Crippen LogP contribution is 2.65. The summed E-state index contributed by atoms with van der Waals surface area (Å²) in [6.07, 6.45) is -3.77. The molecule has 12 heteroatoms. The summed E-state index contributed by atoms with van der Waals surface area (Å²) in [6, 6.07) is -0.615. The van der Waals surface area contributed by atoms with Gasteiger partial charge in [-0.3, -0.25) is 19.2 Å². The van der Waals surface area contributed by atoms with Crippen LogP contribution in [0.5, 0.6) is 0 Å². The maximum atomic E-state index is 13.5. The van der Waals surface area contributed by atoms with Gasteiger partial charge >= 0.3 is 12.1 Å². The van der Waals surface area contributed by atoms with E-state index in [2.05, 4.69) is 10.3 Å². The predicted molar refractivity (Wildman–Crippen MR) is 122 cm³/mol. The number of nitriles is 1. The second-order valence-corrected chi connectivity index (χ2v) is 11.2. The Balaban J connectivity index is 1.91. The number of nitrogens with zero attached hydrogens (tertiary/aromatic N) is 2. The Bertz CT molecular complexity index is 1180. The average molecular weight is 510 g/mol. The molecule has 1 aromatic rings. The predicted octanol–water partition coefficient (Wildman–Crippen LogP) is 1.94. The summed E-state index contributed by atoms with van der Waals surface area (Å²) >= 11 is 0. The highest BCUT2D eigenvalue weighted by molar-refractivity contribution is 5.95. The zero-order valence-electron chi connectivity index (χ0n) is 20.9. The summed E-state index contributed by atoms with van der Waals surface area (Å²) in [6.45, 7) is 10.2. The normalized spacial score (nSPS) is 24.2. The van der Waals surface area contributed by atoms with Crippen LogP contribution in [0.3, 0.4) is 0 Å². The zero-order valence-corrected chi connectivity index (χ0v) is 20.9. The van der Waals surface area contributed by atoms with Crippen LogP contribution in [0.1, 0.15) is 51.8 Å². The van der Waals surface area contributed by atoms with Crippen LogP contribution >= 0.6 is 0 Å². The number of halogens is 3. The van der Waals surface area contributed by atoms with E-state index in [9.17, 15) is 37.6 Å². The first-order valence-electron chi connectivity index (χ1n) is 11.5. The third-order valence-electron chi connectivity index (χ3n) is 7.31. The molecular formula is C24H30F3N5O4. The lowest BCUT2D eigenvalue weighted by atomic mass is 9.85. The third kappa shape index (κ3) is 4.96. The molecule has 1 saturated heterocycles. The van der Waals surface area contributed by atoms with Crippen molar-refractivity contribution in [3.63, 3.8) is 0 Å². The summed E-state index contributed by atoms with van der Waals surface area (Å²) in [4.78, 5) is 54.1. The molecule has 9 nitrogen and oxygen atoms in total. The molecule has 5 atom stereocenters. The summed E-state index contributed by atoms with van der Waals surface area (Å²) in [5.41, 5.74) is -0.985. The standard InChI is InChI=1S/C24H30F3N5O4/c1-11-9-29-15(33)7-12(11)14(8-28)30-19(34)17-16-13(23(16,5)6)10-32(17)20(35)18(22(2,3)4)31-21(36)24(25,26)27/h7,9,13-14,16-18H,10H2,1-6H3,(H,29,33)(H,30,34)(H,31,36)/t13-,14?,16-,17-,18?/m0/s1. The molecule has 1 aliphatic carbocycles. The lowest BCUT2D eigenvalue weighted by molar-refractivity contribution is -0.176. The third-order valence-corrected chi connectivity index (χ3v) is 7.31. The molecule has 0 radical (unpaired) electrons. The Morgan fingerprint density at radius 3 is 2.36 bits per heavy atom. The summed E-state index contributed by atoms with van der Waals surface area (Å²) < 4.78 is 38.9. The number of aromatic nitrogens is 1. The van der Waals surface area contributed by atoms with Gasteiger partial charge in [0.15, 0.2) is 0 Å². The first-order valence-corrected chi connectivity index (χ1v) is 11.5. The molecule has 3 rings (SSSR count). The minimum atomic E-state index is -5.18. The van der Waals surface area contributed by atoms with Crippen LogP contribution in [0.4, 0.5) is 13.2 Å². The summed E-state index contributed by atoms with van der Waals surface area (Å²) in [7, 11) is 0. The number of fused-ring (bicyclic) bond motifs is 1. The fourth-order valence-corrected chi connectivity index (χ4v) is 5.12. The van der Waals surface area contributed by atoms with Crippen molar-refractivity contribution in [2.24, 2.45) is 22.7 Å². The van der Waals surface area contributed by atoms with Gasteiger partial charge in [-0.15, -0.1) is 0 Å². The van der Waals surface area contributed by atoms with Gasteiger partial charge in [0.05, 0.1) is 6.07 Å². The molecule has 1 aliphatic heterocycles. The van der Waals surface area contributed by atoms with Gasteiger partial charge in [0.1, 0.15) is 18.1 Å². The fourth-order valence-electron chi connectivity index (χ4n) is 5.12. The second kappa shape index (κ2) is 8.94. The van der Waals surface area contributed by atoms with Crippen LogP contribution in [-0.4, -0.2) is 52.4 Å². The lowest BCUT2D eigenvalue weighted by Crippen LogP contribution is -2.60. The second-order valence-electron chi connectivity index (χ2n) is 11.2. The van der Waals surface area contributed by atoms with Crippen LogP contribution in [0.2, 0.25) is 0 Å². The van der Waals surface area contributed by atoms with E-state index >= 15 is 0 Å². The van der Waals surface area contributed by atoms with E-state index in [0.29, 0.717) is 11.1 Å². The van der Waals surface area contributed by atoms with Gasteiger partial charge in [0.25, 0.3) is 0 Å². The van der Waals surface area contributed by atoms with Gasteiger partial charge in [-0.05, 0) is 40.7 Å². The quantitative estimate of drug-likeness (QED) is 0.558.